The Labute approximate surface area is 169 Å². The van der Waals surface area contributed by atoms with Gasteiger partial charge in [-0.3, -0.25) is 9.59 Å². The molecule has 3 rings (SSSR count). The number of carbonyl (C=O) groups excluding carboxylic acids is 2. The van der Waals surface area contributed by atoms with E-state index in [1.165, 1.54) is 11.1 Å². The van der Waals surface area contributed by atoms with Gasteiger partial charge in [-0.05, 0) is 48.1 Å². The van der Waals surface area contributed by atoms with Crippen LogP contribution < -0.4 is 5.32 Å². The second-order valence-corrected chi connectivity index (χ2v) is 7.96. The number of hydrogen-bond donors (Lipinski definition) is 1. The van der Waals surface area contributed by atoms with Crippen molar-refractivity contribution >= 4 is 35.2 Å². The molecule has 0 saturated carbocycles. The van der Waals surface area contributed by atoms with Crippen molar-refractivity contribution in [3.05, 3.63) is 70.2 Å². The molecule has 2 amide bonds. The molecule has 0 bridgehead atoms. The van der Waals surface area contributed by atoms with Gasteiger partial charge in [-0.2, -0.15) is 11.8 Å². The summed E-state index contributed by atoms with van der Waals surface area (Å²) in [5.41, 5.74) is 2.87. The van der Waals surface area contributed by atoms with E-state index in [0.717, 1.165) is 12.2 Å². The molecule has 0 aliphatic carbocycles. The molecule has 142 valence electrons. The zero-order valence-electron chi connectivity index (χ0n) is 15.3. The molecule has 1 unspecified atom stereocenters. The van der Waals surface area contributed by atoms with Gasteiger partial charge in [-0.25, -0.2) is 0 Å². The zero-order chi connectivity index (χ0) is 19.2. The van der Waals surface area contributed by atoms with Gasteiger partial charge in [0.1, 0.15) is 6.04 Å². The molecule has 6 heteroatoms. The van der Waals surface area contributed by atoms with E-state index in [-0.39, 0.29) is 11.8 Å². The van der Waals surface area contributed by atoms with Crippen LogP contribution in [-0.4, -0.2) is 41.3 Å². The van der Waals surface area contributed by atoms with Crippen molar-refractivity contribution in [2.45, 2.75) is 25.4 Å². The SMILES string of the molecule is CSCCC(NC(=O)c1ccccc1Cl)C(=O)N1CCc2ccccc2C1. The Morgan fingerprint density at radius 3 is 2.59 bits per heavy atom. The van der Waals surface area contributed by atoms with Crippen LogP contribution in [-0.2, 0) is 17.8 Å². The second kappa shape index (κ2) is 9.29. The molecular weight excluding hydrogens is 380 g/mol. The predicted molar refractivity (Wildman–Crippen MR) is 111 cm³/mol. The highest BCUT2D eigenvalue weighted by Crippen LogP contribution is 2.20. The van der Waals surface area contributed by atoms with E-state index < -0.39 is 6.04 Å². The van der Waals surface area contributed by atoms with Gasteiger partial charge in [-0.1, -0.05) is 48.0 Å². The average Bonchev–Trinajstić information content (AvgIpc) is 2.70. The van der Waals surface area contributed by atoms with Crippen LogP contribution in [0.3, 0.4) is 0 Å². The summed E-state index contributed by atoms with van der Waals surface area (Å²) in [6.07, 6.45) is 3.43. The van der Waals surface area contributed by atoms with Crippen LogP contribution in [0, 0.1) is 0 Å². The number of carbonyl (C=O) groups is 2. The highest BCUT2D eigenvalue weighted by atomic mass is 35.5. The molecule has 27 heavy (non-hydrogen) atoms. The van der Waals surface area contributed by atoms with Crippen LogP contribution in [0.2, 0.25) is 5.02 Å². The van der Waals surface area contributed by atoms with Crippen molar-refractivity contribution in [1.82, 2.24) is 10.2 Å². The number of amides is 2. The van der Waals surface area contributed by atoms with E-state index in [1.807, 2.05) is 23.3 Å². The fourth-order valence-corrected chi connectivity index (χ4v) is 3.97. The van der Waals surface area contributed by atoms with Gasteiger partial charge in [-0.15, -0.1) is 0 Å². The minimum absolute atomic E-state index is 0.0287. The molecule has 0 aromatic heterocycles. The first-order chi connectivity index (χ1) is 13.1. The van der Waals surface area contributed by atoms with Crippen LogP contribution in [0.4, 0.5) is 0 Å². The summed E-state index contributed by atoms with van der Waals surface area (Å²) in [6, 6.07) is 14.5. The molecule has 1 atom stereocenters. The van der Waals surface area contributed by atoms with Gasteiger partial charge in [0.15, 0.2) is 0 Å². The third kappa shape index (κ3) is 4.85. The molecule has 1 N–H and O–H groups in total. The summed E-state index contributed by atoms with van der Waals surface area (Å²) in [5.74, 6) is 0.459. The van der Waals surface area contributed by atoms with Crippen molar-refractivity contribution < 1.29 is 9.59 Å². The van der Waals surface area contributed by atoms with Gasteiger partial charge < -0.3 is 10.2 Å². The van der Waals surface area contributed by atoms with E-state index in [0.29, 0.717) is 30.1 Å². The third-order valence-corrected chi connectivity index (χ3v) is 5.75. The third-order valence-electron chi connectivity index (χ3n) is 4.77. The first kappa shape index (κ1) is 19.8. The fraction of sp³-hybridized carbons (Fsp3) is 0.333. The minimum atomic E-state index is -0.550. The summed E-state index contributed by atoms with van der Waals surface area (Å²) in [5, 5.41) is 3.29. The molecule has 0 saturated heterocycles. The monoisotopic (exact) mass is 402 g/mol. The Hall–Kier alpha value is -1.98. The van der Waals surface area contributed by atoms with Gasteiger partial charge in [0, 0.05) is 13.1 Å². The minimum Gasteiger partial charge on any atom is -0.340 e. The molecule has 1 heterocycles. The van der Waals surface area contributed by atoms with Crippen LogP contribution >= 0.6 is 23.4 Å². The summed E-state index contributed by atoms with van der Waals surface area (Å²) >= 11 is 7.79. The largest absolute Gasteiger partial charge is 0.340 e. The summed E-state index contributed by atoms with van der Waals surface area (Å²) in [4.78, 5) is 27.6. The van der Waals surface area contributed by atoms with Crippen LogP contribution in [0.25, 0.3) is 0 Å². The quantitative estimate of drug-likeness (QED) is 0.800. The highest BCUT2D eigenvalue weighted by Gasteiger charge is 2.28. The number of fused-ring (bicyclic) bond motifs is 1. The fourth-order valence-electron chi connectivity index (χ4n) is 3.28. The number of thioether (sulfide) groups is 1. The normalized spacial score (nSPS) is 14.4. The standard InChI is InChI=1S/C21H23ClN2O2S/c1-27-13-11-19(23-20(25)17-8-4-5-9-18(17)22)21(26)24-12-10-15-6-2-3-7-16(15)14-24/h2-9,19H,10-14H2,1H3,(H,23,25). The summed E-state index contributed by atoms with van der Waals surface area (Å²) < 4.78 is 0. The van der Waals surface area contributed by atoms with Gasteiger partial charge >= 0.3 is 0 Å². The topological polar surface area (TPSA) is 49.4 Å². The molecular formula is C21H23ClN2O2S. The lowest BCUT2D eigenvalue weighted by atomic mass is 9.99. The lowest BCUT2D eigenvalue weighted by molar-refractivity contribution is -0.134. The van der Waals surface area contributed by atoms with E-state index in [1.54, 1.807) is 36.0 Å². The van der Waals surface area contributed by atoms with Gasteiger partial charge in [0.25, 0.3) is 5.91 Å². The lowest BCUT2D eigenvalue weighted by Crippen LogP contribution is -2.50. The molecule has 2 aromatic rings. The van der Waals surface area contributed by atoms with Gasteiger partial charge in [0.05, 0.1) is 10.6 Å². The van der Waals surface area contributed by atoms with Crippen molar-refractivity contribution in [1.29, 1.82) is 0 Å². The second-order valence-electron chi connectivity index (χ2n) is 6.57. The van der Waals surface area contributed by atoms with E-state index in [4.69, 9.17) is 11.6 Å². The van der Waals surface area contributed by atoms with Crippen LogP contribution in [0.15, 0.2) is 48.5 Å². The number of nitrogens with one attached hydrogen (secondary N) is 1. The maximum atomic E-state index is 13.1. The maximum Gasteiger partial charge on any atom is 0.253 e. The molecule has 4 nitrogen and oxygen atoms in total. The maximum absolute atomic E-state index is 13.1. The van der Waals surface area contributed by atoms with Crippen molar-refractivity contribution in [3.8, 4) is 0 Å². The molecule has 1 aliphatic heterocycles. The Morgan fingerprint density at radius 2 is 1.85 bits per heavy atom. The summed E-state index contributed by atoms with van der Waals surface area (Å²) in [7, 11) is 0. The molecule has 0 spiro atoms. The van der Waals surface area contributed by atoms with Gasteiger partial charge in [0.2, 0.25) is 5.91 Å². The summed E-state index contributed by atoms with van der Waals surface area (Å²) in [6.45, 7) is 1.26. The molecule has 0 fully saturated rings. The predicted octanol–water partition coefficient (Wildman–Crippen LogP) is 3.78. The first-order valence-corrected chi connectivity index (χ1v) is 10.8. The first-order valence-electron chi connectivity index (χ1n) is 9.00. The smallest absolute Gasteiger partial charge is 0.253 e. The van der Waals surface area contributed by atoms with Crippen molar-refractivity contribution in [2.75, 3.05) is 18.6 Å². The molecule has 2 aromatic carbocycles. The zero-order valence-corrected chi connectivity index (χ0v) is 16.9. The Kier molecular flexibility index (Phi) is 6.80. The van der Waals surface area contributed by atoms with E-state index in [9.17, 15) is 9.59 Å². The van der Waals surface area contributed by atoms with Crippen LogP contribution in [0.1, 0.15) is 27.9 Å². The molecule has 1 aliphatic rings. The number of nitrogens with zero attached hydrogens (tertiary/aromatic N) is 1. The Morgan fingerprint density at radius 1 is 1.15 bits per heavy atom. The van der Waals surface area contributed by atoms with Crippen molar-refractivity contribution in [2.24, 2.45) is 0 Å². The van der Waals surface area contributed by atoms with Crippen molar-refractivity contribution in [3.63, 3.8) is 0 Å². The Balaban J connectivity index is 1.73. The number of benzene rings is 2. The highest BCUT2D eigenvalue weighted by molar-refractivity contribution is 7.98. The lowest BCUT2D eigenvalue weighted by Gasteiger charge is -2.32. The Bertz CT molecular complexity index is 827. The number of hydrogen-bond acceptors (Lipinski definition) is 3. The van der Waals surface area contributed by atoms with E-state index >= 15 is 0 Å². The number of halogens is 1. The molecule has 0 radical (unpaired) electrons. The van der Waals surface area contributed by atoms with Crippen LogP contribution in [0.5, 0.6) is 0 Å². The number of rotatable bonds is 6. The average molecular weight is 403 g/mol. The van der Waals surface area contributed by atoms with E-state index in [2.05, 4.69) is 17.4 Å².